The normalized spacial score (nSPS) is 25.9. The average Bonchev–Trinajstić information content (AvgIpc) is 2.86. The van der Waals surface area contributed by atoms with Crippen LogP contribution < -0.4 is 0 Å². The third kappa shape index (κ3) is 1.73. The van der Waals surface area contributed by atoms with E-state index in [9.17, 15) is 0 Å². The predicted octanol–water partition coefficient (Wildman–Crippen LogP) is 4.94. The highest BCUT2D eigenvalue weighted by atomic mass is 14.5. The van der Waals surface area contributed by atoms with Gasteiger partial charge in [-0.2, -0.15) is 0 Å². The third-order valence-corrected chi connectivity index (χ3v) is 4.73. The Kier molecular flexibility index (Phi) is 2.32. The molecule has 0 radical (unpaired) electrons. The van der Waals surface area contributed by atoms with E-state index in [1.54, 1.807) is 22.3 Å². The van der Waals surface area contributed by atoms with E-state index < -0.39 is 0 Å². The second-order valence-electron chi connectivity index (χ2n) is 8.36. The van der Waals surface area contributed by atoms with Gasteiger partial charge in [0.1, 0.15) is 0 Å². The van der Waals surface area contributed by atoms with Crippen molar-refractivity contribution in [2.45, 2.75) is 71.1 Å². The molecule has 1 fully saturated rings. The van der Waals surface area contributed by atoms with Crippen molar-refractivity contribution in [2.75, 3.05) is 0 Å². The van der Waals surface area contributed by atoms with E-state index in [1.165, 1.54) is 12.8 Å². The average molecular weight is 242 g/mol. The van der Waals surface area contributed by atoms with Crippen molar-refractivity contribution in [3.05, 3.63) is 34.4 Å². The first-order valence-corrected chi connectivity index (χ1v) is 7.36. The predicted molar refractivity (Wildman–Crippen MR) is 78.4 cm³/mol. The minimum Gasteiger partial charge on any atom is -0.0579 e. The van der Waals surface area contributed by atoms with Crippen LogP contribution in [0.15, 0.2) is 12.1 Å². The highest BCUT2D eigenvalue weighted by Crippen LogP contribution is 2.59. The summed E-state index contributed by atoms with van der Waals surface area (Å²) in [4.78, 5) is 0. The monoisotopic (exact) mass is 242 g/mol. The Morgan fingerprint density at radius 2 is 1.44 bits per heavy atom. The van der Waals surface area contributed by atoms with Gasteiger partial charge in [-0.3, -0.25) is 0 Å². The molecule has 2 atom stereocenters. The van der Waals surface area contributed by atoms with E-state index >= 15 is 0 Å². The number of hydrogen-bond acceptors (Lipinski definition) is 0. The number of hydrogen-bond donors (Lipinski definition) is 0. The summed E-state index contributed by atoms with van der Waals surface area (Å²) in [6, 6.07) is 4.82. The van der Waals surface area contributed by atoms with E-state index in [1.807, 2.05) is 0 Å². The fourth-order valence-electron chi connectivity index (χ4n) is 3.75. The van der Waals surface area contributed by atoms with Gasteiger partial charge in [0, 0.05) is 0 Å². The third-order valence-electron chi connectivity index (χ3n) is 4.73. The van der Waals surface area contributed by atoms with Crippen LogP contribution in [0.5, 0.6) is 0 Å². The van der Waals surface area contributed by atoms with Crippen LogP contribution in [0, 0.1) is 5.92 Å². The molecule has 1 saturated carbocycles. The smallest absolute Gasteiger partial charge is 0.0121 e. The van der Waals surface area contributed by atoms with Gasteiger partial charge in [0.25, 0.3) is 0 Å². The zero-order valence-corrected chi connectivity index (χ0v) is 12.7. The molecule has 0 heterocycles. The molecule has 1 aromatic rings. The molecule has 2 aliphatic carbocycles. The first-order chi connectivity index (χ1) is 8.19. The summed E-state index contributed by atoms with van der Waals surface area (Å²) in [5.74, 6) is 1.88. The summed E-state index contributed by atoms with van der Waals surface area (Å²) in [6.45, 7) is 14.1. The summed E-state index contributed by atoms with van der Waals surface area (Å²) in [5.41, 5.74) is 7.22. The summed E-state index contributed by atoms with van der Waals surface area (Å²) in [7, 11) is 0. The van der Waals surface area contributed by atoms with Gasteiger partial charge < -0.3 is 0 Å². The molecule has 0 aromatic heterocycles. The van der Waals surface area contributed by atoms with Crippen molar-refractivity contribution in [3.63, 3.8) is 0 Å². The lowest BCUT2D eigenvalue weighted by Gasteiger charge is -2.29. The second kappa shape index (κ2) is 3.40. The Morgan fingerprint density at radius 1 is 0.889 bits per heavy atom. The zero-order chi connectivity index (χ0) is 13.3. The molecular formula is C18H26. The summed E-state index contributed by atoms with van der Waals surface area (Å²) in [6.07, 6.45) is 2.79. The van der Waals surface area contributed by atoms with E-state index in [0.29, 0.717) is 0 Å². The van der Waals surface area contributed by atoms with Gasteiger partial charge in [0.2, 0.25) is 0 Å². The molecular weight excluding hydrogens is 216 g/mol. The van der Waals surface area contributed by atoms with Crippen molar-refractivity contribution in [1.29, 1.82) is 0 Å². The molecule has 98 valence electrons. The van der Waals surface area contributed by atoms with Crippen LogP contribution >= 0.6 is 0 Å². The fraction of sp³-hybridized carbons (Fsp3) is 0.667. The molecule has 1 aromatic carbocycles. The minimum absolute atomic E-state index is 0.289. The van der Waals surface area contributed by atoms with Crippen LogP contribution in [-0.4, -0.2) is 0 Å². The summed E-state index contributed by atoms with van der Waals surface area (Å²) >= 11 is 0. The Morgan fingerprint density at radius 3 is 2.00 bits per heavy atom. The largest absolute Gasteiger partial charge is 0.0579 e. The molecule has 0 heteroatoms. The van der Waals surface area contributed by atoms with E-state index in [0.717, 1.165) is 11.8 Å². The topological polar surface area (TPSA) is 0 Å². The number of fused-ring (bicyclic) bond motifs is 3. The van der Waals surface area contributed by atoms with Crippen LogP contribution in [0.25, 0.3) is 0 Å². The SMILES string of the molecule is CC(C)(C)c1ccc(C(C)(C)C)c2c1CC1CC21. The lowest BCUT2D eigenvalue weighted by molar-refractivity contribution is 0.566. The molecule has 0 aliphatic heterocycles. The second-order valence-corrected chi connectivity index (χ2v) is 8.36. The van der Waals surface area contributed by atoms with E-state index in [4.69, 9.17) is 0 Å². The van der Waals surface area contributed by atoms with Crippen molar-refractivity contribution in [3.8, 4) is 0 Å². The van der Waals surface area contributed by atoms with Gasteiger partial charge in [-0.05, 0) is 57.8 Å². The molecule has 0 spiro atoms. The molecule has 2 aliphatic rings. The van der Waals surface area contributed by atoms with Crippen LogP contribution in [-0.2, 0) is 17.3 Å². The maximum Gasteiger partial charge on any atom is -0.0121 e. The van der Waals surface area contributed by atoms with Crippen molar-refractivity contribution >= 4 is 0 Å². The molecule has 18 heavy (non-hydrogen) atoms. The van der Waals surface area contributed by atoms with Gasteiger partial charge in [-0.25, -0.2) is 0 Å². The molecule has 0 nitrogen and oxygen atoms in total. The van der Waals surface area contributed by atoms with Crippen LogP contribution in [0.4, 0.5) is 0 Å². The van der Waals surface area contributed by atoms with Gasteiger partial charge in [0.05, 0.1) is 0 Å². The maximum absolute atomic E-state index is 2.42. The van der Waals surface area contributed by atoms with Crippen LogP contribution in [0.1, 0.15) is 76.1 Å². The maximum atomic E-state index is 2.42. The van der Waals surface area contributed by atoms with Gasteiger partial charge in [-0.15, -0.1) is 0 Å². The molecule has 3 rings (SSSR count). The van der Waals surface area contributed by atoms with Crippen molar-refractivity contribution in [2.24, 2.45) is 5.92 Å². The Bertz CT molecular complexity index is 494. The quantitative estimate of drug-likeness (QED) is 0.604. The van der Waals surface area contributed by atoms with E-state index in [-0.39, 0.29) is 10.8 Å². The molecule has 2 unspecified atom stereocenters. The molecule has 0 N–H and O–H groups in total. The minimum atomic E-state index is 0.289. The van der Waals surface area contributed by atoms with E-state index in [2.05, 4.69) is 53.7 Å². The lowest BCUT2D eigenvalue weighted by Crippen LogP contribution is -2.19. The van der Waals surface area contributed by atoms with Crippen LogP contribution in [0.2, 0.25) is 0 Å². The number of benzene rings is 1. The first-order valence-electron chi connectivity index (χ1n) is 7.36. The summed E-state index contributed by atoms with van der Waals surface area (Å²) in [5, 5.41) is 0. The molecule has 0 bridgehead atoms. The van der Waals surface area contributed by atoms with Gasteiger partial charge in [0.15, 0.2) is 0 Å². The Balaban J connectivity index is 2.21. The van der Waals surface area contributed by atoms with Gasteiger partial charge >= 0.3 is 0 Å². The van der Waals surface area contributed by atoms with Gasteiger partial charge in [-0.1, -0.05) is 53.7 Å². The molecule has 0 saturated heterocycles. The highest BCUT2D eigenvalue weighted by molar-refractivity contribution is 5.54. The van der Waals surface area contributed by atoms with Crippen LogP contribution in [0.3, 0.4) is 0 Å². The fourth-order valence-corrected chi connectivity index (χ4v) is 3.75. The summed E-state index contributed by atoms with van der Waals surface area (Å²) < 4.78 is 0. The molecule has 0 amide bonds. The zero-order valence-electron chi connectivity index (χ0n) is 12.7. The highest BCUT2D eigenvalue weighted by Gasteiger charge is 2.48. The first kappa shape index (κ1) is 12.3. The lowest BCUT2D eigenvalue weighted by atomic mass is 9.76. The Labute approximate surface area is 112 Å². The van der Waals surface area contributed by atoms with Crippen molar-refractivity contribution < 1.29 is 0 Å². The van der Waals surface area contributed by atoms with Crippen molar-refractivity contribution in [1.82, 2.24) is 0 Å². The standard InChI is InChI=1S/C18H26/c1-17(2,3)14-7-8-15(18(4,5)6)16-12-9-11(12)10-13(14)16/h7-8,11-12H,9-10H2,1-6H3. The Hall–Kier alpha value is -0.780. The number of rotatable bonds is 0.